The fourth-order valence-electron chi connectivity index (χ4n) is 2.62. The van der Waals surface area contributed by atoms with Crippen LogP contribution in [0.5, 0.6) is 0 Å². The minimum Gasteiger partial charge on any atom is -0.376 e. The van der Waals surface area contributed by atoms with Crippen molar-refractivity contribution in [2.24, 2.45) is 0 Å². The molecule has 0 saturated carbocycles. The van der Waals surface area contributed by atoms with Gasteiger partial charge in [-0.2, -0.15) is 0 Å². The largest absolute Gasteiger partial charge is 0.376 e. The predicted octanol–water partition coefficient (Wildman–Crippen LogP) is 1.20. The number of ether oxygens (including phenoxy) is 1. The molecule has 1 aliphatic rings. The number of nitrogens with two attached hydrogens (primary N) is 1. The molecule has 0 bridgehead atoms. The van der Waals surface area contributed by atoms with Crippen LogP contribution in [0.3, 0.4) is 0 Å². The minimum absolute atomic E-state index is 0.122. The van der Waals surface area contributed by atoms with E-state index >= 15 is 0 Å². The number of nitrogens with zero attached hydrogens (tertiary/aromatic N) is 2. The Hall–Kier alpha value is -1.60. The molecule has 2 heterocycles. The highest BCUT2D eigenvalue weighted by atomic mass is 32.2. The quantitative estimate of drug-likeness (QED) is 0.919. The summed E-state index contributed by atoms with van der Waals surface area (Å²) in [4.78, 5) is 4.44. The Labute approximate surface area is 117 Å². The number of hydrogen-bond acceptors (Lipinski definition) is 5. The van der Waals surface area contributed by atoms with Crippen molar-refractivity contribution in [2.75, 3.05) is 18.6 Å². The number of fused-ring (bicyclic) bond motifs is 1. The van der Waals surface area contributed by atoms with Gasteiger partial charge in [-0.3, -0.25) is 0 Å². The molecule has 2 aromatic rings. The Bertz CT molecular complexity index is 746. The molecule has 6 nitrogen and oxygen atoms in total. The van der Waals surface area contributed by atoms with E-state index in [0.29, 0.717) is 18.0 Å². The molecular weight excluding hydrogens is 278 g/mol. The molecule has 1 saturated heterocycles. The maximum Gasteiger partial charge on any atom is 0.201 e. The van der Waals surface area contributed by atoms with Gasteiger partial charge >= 0.3 is 0 Å². The normalized spacial score (nSPS) is 19.8. The Balaban J connectivity index is 2.11. The van der Waals surface area contributed by atoms with Gasteiger partial charge in [0, 0.05) is 12.9 Å². The summed E-state index contributed by atoms with van der Waals surface area (Å²) in [6.07, 6.45) is 3.34. The second-order valence-electron chi connectivity index (χ2n) is 5.11. The Morgan fingerprint density at radius 2 is 2.30 bits per heavy atom. The molecule has 108 valence electrons. The molecular formula is C13H17N3O3S. The molecule has 7 heteroatoms. The Kier molecular flexibility index (Phi) is 3.18. The summed E-state index contributed by atoms with van der Waals surface area (Å²) < 4.78 is 31.0. The molecule has 0 spiro atoms. The topological polar surface area (TPSA) is 87.2 Å². The van der Waals surface area contributed by atoms with Crippen LogP contribution in [0.2, 0.25) is 0 Å². The first-order valence-electron chi connectivity index (χ1n) is 6.53. The van der Waals surface area contributed by atoms with Gasteiger partial charge < -0.3 is 15.0 Å². The number of para-hydroxylation sites is 1. The van der Waals surface area contributed by atoms with Crippen molar-refractivity contribution in [3.8, 4) is 0 Å². The van der Waals surface area contributed by atoms with Crippen molar-refractivity contribution < 1.29 is 13.2 Å². The second kappa shape index (κ2) is 4.75. The van der Waals surface area contributed by atoms with E-state index in [4.69, 9.17) is 10.5 Å². The zero-order valence-corrected chi connectivity index (χ0v) is 12.1. The second-order valence-corrected chi connectivity index (χ2v) is 7.10. The minimum atomic E-state index is -3.32. The maximum absolute atomic E-state index is 11.8. The van der Waals surface area contributed by atoms with Crippen LogP contribution in [0.25, 0.3) is 11.0 Å². The molecule has 3 rings (SSSR count). The molecule has 0 aliphatic carbocycles. The van der Waals surface area contributed by atoms with Gasteiger partial charge in [-0.1, -0.05) is 6.07 Å². The lowest BCUT2D eigenvalue weighted by Gasteiger charge is -2.12. The Morgan fingerprint density at radius 1 is 1.50 bits per heavy atom. The maximum atomic E-state index is 11.8. The third-order valence-corrected chi connectivity index (χ3v) is 4.71. The van der Waals surface area contributed by atoms with Gasteiger partial charge in [-0.25, -0.2) is 13.4 Å². The highest BCUT2D eigenvalue weighted by Crippen LogP contribution is 2.26. The number of sulfone groups is 1. The number of benzene rings is 1. The van der Waals surface area contributed by atoms with E-state index in [1.165, 1.54) is 6.26 Å². The highest BCUT2D eigenvalue weighted by Gasteiger charge is 2.21. The molecule has 1 unspecified atom stereocenters. The average Bonchev–Trinajstić information content (AvgIpc) is 2.97. The summed E-state index contributed by atoms with van der Waals surface area (Å²) in [7, 11) is -3.32. The first-order valence-corrected chi connectivity index (χ1v) is 8.42. The SMILES string of the molecule is CS(=O)(=O)c1cccc2c1nc(N)n2CC1CCCO1. The van der Waals surface area contributed by atoms with Gasteiger partial charge in [0.1, 0.15) is 5.52 Å². The third-order valence-electron chi connectivity index (χ3n) is 3.58. The highest BCUT2D eigenvalue weighted by molar-refractivity contribution is 7.91. The summed E-state index contributed by atoms with van der Waals surface area (Å²) in [6.45, 7) is 1.38. The summed E-state index contributed by atoms with van der Waals surface area (Å²) >= 11 is 0. The first kappa shape index (κ1) is 13.4. The first-order chi connectivity index (χ1) is 9.47. The van der Waals surface area contributed by atoms with Gasteiger partial charge in [0.2, 0.25) is 5.95 Å². The fraction of sp³-hybridized carbons (Fsp3) is 0.462. The van der Waals surface area contributed by atoms with Crippen molar-refractivity contribution in [3.63, 3.8) is 0 Å². The monoisotopic (exact) mass is 295 g/mol. The van der Waals surface area contributed by atoms with E-state index in [2.05, 4.69) is 4.98 Å². The van der Waals surface area contributed by atoms with Crippen molar-refractivity contribution in [2.45, 2.75) is 30.4 Å². The molecule has 1 aliphatic heterocycles. The average molecular weight is 295 g/mol. The van der Waals surface area contributed by atoms with Crippen molar-refractivity contribution in [1.29, 1.82) is 0 Å². The molecule has 1 aromatic heterocycles. The molecule has 2 N–H and O–H groups in total. The number of imidazole rings is 1. The van der Waals surface area contributed by atoms with E-state index in [1.54, 1.807) is 12.1 Å². The smallest absolute Gasteiger partial charge is 0.201 e. The molecule has 1 fully saturated rings. The van der Waals surface area contributed by atoms with E-state index in [-0.39, 0.29) is 11.0 Å². The standard InChI is InChI=1S/C13H17N3O3S/c1-20(17,18)11-6-2-5-10-12(11)15-13(14)16(10)8-9-4-3-7-19-9/h2,5-6,9H,3-4,7-8H2,1H3,(H2,14,15). The van der Waals surface area contributed by atoms with Crippen LogP contribution in [0.1, 0.15) is 12.8 Å². The summed E-state index contributed by atoms with van der Waals surface area (Å²) in [5.74, 6) is 0.326. The summed E-state index contributed by atoms with van der Waals surface area (Å²) in [6, 6.07) is 5.11. The van der Waals surface area contributed by atoms with Crippen LogP contribution in [0.4, 0.5) is 5.95 Å². The van der Waals surface area contributed by atoms with Gasteiger partial charge in [-0.05, 0) is 25.0 Å². The van der Waals surface area contributed by atoms with Gasteiger partial charge in [-0.15, -0.1) is 0 Å². The molecule has 0 amide bonds. The summed E-state index contributed by atoms with van der Waals surface area (Å²) in [5.41, 5.74) is 7.12. The Morgan fingerprint density at radius 3 is 2.95 bits per heavy atom. The van der Waals surface area contributed by atoms with Crippen LogP contribution < -0.4 is 5.73 Å². The third kappa shape index (κ3) is 2.27. The van der Waals surface area contributed by atoms with Crippen LogP contribution >= 0.6 is 0 Å². The van der Waals surface area contributed by atoms with E-state index in [1.807, 2.05) is 10.6 Å². The molecule has 1 aromatic carbocycles. The van der Waals surface area contributed by atoms with Crippen LogP contribution in [0.15, 0.2) is 23.1 Å². The van der Waals surface area contributed by atoms with Crippen molar-refractivity contribution >= 4 is 26.8 Å². The lowest BCUT2D eigenvalue weighted by Crippen LogP contribution is -2.16. The number of anilines is 1. The summed E-state index contributed by atoms with van der Waals surface area (Å²) in [5, 5.41) is 0. The fourth-order valence-corrected chi connectivity index (χ4v) is 3.45. The van der Waals surface area contributed by atoms with Crippen LogP contribution in [-0.4, -0.2) is 36.9 Å². The van der Waals surface area contributed by atoms with E-state index in [9.17, 15) is 8.42 Å². The number of nitrogen functional groups attached to an aromatic ring is 1. The van der Waals surface area contributed by atoms with Gasteiger partial charge in [0.05, 0.1) is 23.1 Å². The van der Waals surface area contributed by atoms with Crippen molar-refractivity contribution in [3.05, 3.63) is 18.2 Å². The van der Waals surface area contributed by atoms with Crippen LogP contribution in [0, 0.1) is 0 Å². The van der Waals surface area contributed by atoms with Crippen molar-refractivity contribution in [1.82, 2.24) is 9.55 Å². The van der Waals surface area contributed by atoms with Crippen LogP contribution in [-0.2, 0) is 21.1 Å². The van der Waals surface area contributed by atoms with Gasteiger partial charge in [0.15, 0.2) is 9.84 Å². The number of aromatic nitrogens is 2. The zero-order valence-electron chi connectivity index (χ0n) is 11.2. The number of rotatable bonds is 3. The zero-order chi connectivity index (χ0) is 14.3. The molecule has 20 heavy (non-hydrogen) atoms. The predicted molar refractivity (Wildman–Crippen MR) is 76.2 cm³/mol. The van der Waals surface area contributed by atoms with E-state index in [0.717, 1.165) is 25.0 Å². The van der Waals surface area contributed by atoms with Gasteiger partial charge in [0.25, 0.3) is 0 Å². The molecule has 0 radical (unpaired) electrons. The number of hydrogen-bond donors (Lipinski definition) is 1. The lowest BCUT2D eigenvalue weighted by molar-refractivity contribution is 0.0984. The molecule has 1 atom stereocenters. The van der Waals surface area contributed by atoms with E-state index < -0.39 is 9.84 Å². The lowest BCUT2D eigenvalue weighted by atomic mass is 10.2.